The van der Waals surface area contributed by atoms with Gasteiger partial charge in [-0.3, -0.25) is 4.79 Å². The van der Waals surface area contributed by atoms with E-state index in [1.54, 1.807) is 25.1 Å². The molecule has 1 amide bonds. The molecule has 0 radical (unpaired) electrons. The summed E-state index contributed by atoms with van der Waals surface area (Å²) in [5, 5.41) is 3.33. The van der Waals surface area contributed by atoms with Crippen LogP contribution in [0.1, 0.15) is 40.7 Å². The lowest BCUT2D eigenvalue weighted by Gasteiger charge is -2.26. The summed E-state index contributed by atoms with van der Waals surface area (Å²) in [5.41, 5.74) is 1.68. The van der Waals surface area contributed by atoms with Gasteiger partial charge in [0.15, 0.2) is 6.61 Å². The van der Waals surface area contributed by atoms with Gasteiger partial charge in [0.1, 0.15) is 0 Å². The number of hydrogen-bond acceptors (Lipinski definition) is 5. The molecule has 1 saturated heterocycles. The van der Waals surface area contributed by atoms with E-state index in [0.717, 1.165) is 24.8 Å². The second kappa shape index (κ2) is 10.9. The number of hydrogen-bond donors (Lipinski definition) is 1. The van der Waals surface area contributed by atoms with Gasteiger partial charge >= 0.3 is 5.97 Å². The highest BCUT2D eigenvalue weighted by Crippen LogP contribution is 2.24. The molecule has 9 heteroatoms. The second-order valence-electron chi connectivity index (χ2n) is 7.75. The number of amides is 1. The predicted molar refractivity (Wildman–Crippen MR) is 122 cm³/mol. The normalized spacial score (nSPS) is 14.7. The van der Waals surface area contributed by atoms with E-state index in [1.807, 2.05) is 12.1 Å². The van der Waals surface area contributed by atoms with Crippen LogP contribution in [0.3, 0.4) is 0 Å². The average Bonchev–Trinajstić information content (AvgIpc) is 2.79. The summed E-state index contributed by atoms with van der Waals surface area (Å²) >= 11 is 5.85. The summed E-state index contributed by atoms with van der Waals surface area (Å²) in [7, 11) is -3.68. The van der Waals surface area contributed by atoms with Crippen molar-refractivity contribution in [2.24, 2.45) is 0 Å². The average molecular weight is 479 g/mol. The van der Waals surface area contributed by atoms with Crippen LogP contribution >= 0.6 is 11.6 Å². The Morgan fingerprint density at radius 3 is 2.44 bits per heavy atom. The first-order chi connectivity index (χ1) is 15.3. The van der Waals surface area contributed by atoms with E-state index in [-0.39, 0.29) is 10.5 Å². The Morgan fingerprint density at radius 2 is 1.75 bits per heavy atom. The number of nitrogens with zero attached hydrogens (tertiary/aromatic N) is 1. The van der Waals surface area contributed by atoms with Gasteiger partial charge in [0, 0.05) is 24.7 Å². The summed E-state index contributed by atoms with van der Waals surface area (Å²) in [6.45, 7) is 2.60. The molecule has 1 aliphatic rings. The number of esters is 1. The minimum atomic E-state index is -3.68. The number of rotatable bonds is 8. The van der Waals surface area contributed by atoms with Crippen LogP contribution in [0.5, 0.6) is 0 Å². The van der Waals surface area contributed by atoms with Crippen LogP contribution in [0, 0.1) is 6.92 Å². The highest BCUT2D eigenvalue weighted by molar-refractivity contribution is 7.89. The molecule has 0 unspecified atom stereocenters. The van der Waals surface area contributed by atoms with E-state index in [0.29, 0.717) is 36.6 Å². The lowest BCUT2D eigenvalue weighted by Crippen LogP contribution is -2.36. The summed E-state index contributed by atoms with van der Waals surface area (Å²) < 4.78 is 32.6. The van der Waals surface area contributed by atoms with Crippen LogP contribution in [0.4, 0.5) is 0 Å². The van der Waals surface area contributed by atoms with Gasteiger partial charge in [-0.1, -0.05) is 36.2 Å². The quantitative estimate of drug-likeness (QED) is 0.587. The van der Waals surface area contributed by atoms with Crippen molar-refractivity contribution in [1.82, 2.24) is 9.62 Å². The van der Waals surface area contributed by atoms with Crippen LogP contribution in [-0.4, -0.2) is 50.8 Å². The van der Waals surface area contributed by atoms with Crippen molar-refractivity contribution >= 4 is 33.5 Å². The van der Waals surface area contributed by atoms with Gasteiger partial charge in [0.2, 0.25) is 10.0 Å². The highest BCUT2D eigenvalue weighted by atomic mass is 35.5. The van der Waals surface area contributed by atoms with E-state index in [1.165, 1.54) is 16.4 Å². The molecular weight excluding hydrogens is 452 g/mol. The van der Waals surface area contributed by atoms with E-state index < -0.39 is 28.5 Å². The molecule has 0 aliphatic carbocycles. The van der Waals surface area contributed by atoms with Crippen molar-refractivity contribution in [3.63, 3.8) is 0 Å². The minimum absolute atomic E-state index is 0.0974. The SMILES string of the molecule is Cc1ccc(C(=O)OCC(=O)NCCc2ccc(Cl)cc2)cc1S(=O)(=O)N1CCCCC1. The number of sulfonamides is 1. The standard InChI is InChI=1S/C23H27ClN2O5S/c1-17-5-8-19(15-21(17)32(29,30)26-13-3-2-4-14-26)23(28)31-16-22(27)25-12-11-18-6-9-20(24)10-7-18/h5-10,15H,2-4,11-14,16H2,1H3,(H,25,27). The maximum Gasteiger partial charge on any atom is 0.338 e. The van der Waals surface area contributed by atoms with E-state index in [9.17, 15) is 18.0 Å². The number of aryl methyl sites for hydroxylation is 1. The van der Waals surface area contributed by atoms with Crippen molar-refractivity contribution in [1.29, 1.82) is 0 Å². The molecule has 0 bridgehead atoms. The molecule has 7 nitrogen and oxygen atoms in total. The lowest BCUT2D eigenvalue weighted by atomic mass is 10.1. The Morgan fingerprint density at radius 1 is 1.06 bits per heavy atom. The smallest absolute Gasteiger partial charge is 0.338 e. The van der Waals surface area contributed by atoms with Crippen LogP contribution < -0.4 is 5.32 Å². The molecule has 32 heavy (non-hydrogen) atoms. The van der Waals surface area contributed by atoms with E-state index in [4.69, 9.17) is 16.3 Å². The van der Waals surface area contributed by atoms with Crippen molar-refractivity contribution in [3.05, 3.63) is 64.2 Å². The van der Waals surface area contributed by atoms with Crippen molar-refractivity contribution < 1.29 is 22.7 Å². The Labute approximate surface area is 193 Å². The summed E-state index contributed by atoms with van der Waals surface area (Å²) in [6, 6.07) is 11.7. The first-order valence-corrected chi connectivity index (χ1v) is 12.4. The number of benzene rings is 2. The molecule has 2 aromatic rings. The number of nitrogens with one attached hydrogen (secondary N) is 1. The van der Waals surface area contributed by atoms with Crippen molar-refractivity contribution in [2.75, 3.05) is 26.2 Å². The van der Waals surface area contributed by atoms with Crippen molar-refractivity contribution in [2.45, 2.75) is 37.5 Å². The molecule has 0 aromatic heterocycles. The van der Waals surface area contributed by atoms with Crippen LogP contribution in [0.2, 0.25) is 5.02 Å². The molecular formula is C23H27ClN2O5S. The first-order valence-electron chi connectivity index (χ1n) is 10.6. The summed E-state index contributed by atoms with van der Waals surface area (Å²) in [5.74, 6) is -1.17. The Hall–Kier alpha value is -2.42. The van der Waals surface area contributed by atoms with Crippen LogP contribution in [0.15, 0.2) is 47.4 Å². The second-order valence-corrected chi connectivity index (χ2v) is 10.1. The number of ether oxygens (including phenoxy) is 1. The Balaban J connectivity index is 1.55. The third-order valence-corrected chi connectivity index (χ3v) is 7.63. The molecule has 1 fully saturated rings. The van der Waals surface area contributed by atoms with Gasteiger partial charge in [0.05, 0.1) is 10.5 Å². The molecule has 2 aromatic carbocycles. The van der Waals surface area contributed by atoms with Gasteiger partial charge in [-0.25, -0.2) is 13.2 Å². The van der Waals surface area contributed by atoms with Gasteiger partial charge < -0.3 is 10.1 Å². The molecule has 3 rings (SSSR count). The fourth-order valence-electron chi connectivity index (χ4n) is 3.51. The maximum absolute atomic E-state index is 13.0. The zero-order valence-electron chi connectivity index (χ0n) is 18.0. The highest BCUT2D eigenvalue weighted by Gasteiger charge is 2.28. The van der Waals surface area contributed by atoms with E-state index in [2.05, 4.69) is 5.32 Å². The largest absolute Gasteiger partial charge is 0.452 e. The molecule has 1 heterocycles. The van der Waals surface area contributed by atoms with E-state index >= 15 is 0 Å². The van der Waals surface area contributed by atoms with Crippen LogP contribution in [0.25, 0.3) is 0 Å². The summed E-state index contributed by atoms with van der Waals surface area (Å²) in [4.78, 5) is 24.5. The molecule has 0 spiro atoms. The topological polar surface area (TPSA) is 92.8 Å². The van der Waals surface area contributed by atoms with Crippen LogP contribution in [-0.2, 0) is 26.0 Å². The Kier molecular flexibility index (Phi) is 8.28. The predicted octanol–water partition coefficient (Wildman–Crippen LogP) is 3.34. The third-order valence-electron chi connectivity index (χ3n) is 5.34. The zero-order chi connectivity index (χ0) is 23.1. The first kappa shape index (κ1) is 24.2. The molecule has 172 valence electrons. The Bertz CT molecular complexity index is 1060. The molecule has 0 atom stereocenters. The number of carbonyl (C=O) groups excluding carboxylic acids is 2. The number of carbonyl (C=O) groups is 2. The summed E-state index contributed by atoms with van der Waals surface area (Å²) in [6.07, 6.45) is 3.28. The maximum atomic E-state index is 13.0. The number of halogens is 1. The van der Waals surface area contributed by atoms with Gasteiger partial charge in [-0.15, -0.1) is 0 Å². The molecule has 1 aliphatic heterocycles. The zero-order valence-corrected chi connectivity index (χ0v) is 19.5. The van der Waals surface area contributed by atoms with Gasteiger partial charge in [0.25, 0.3) is 5.91 Å². The fourth-order valence-corrected chi connectivity index (χ4v) is 5.41. The number of piperidine rings is 1. The van der Waals surface area contributed by atoms with Gasteiger partial charge in [-0.05, 0) is 61.6 Å². The fraction of sp³-hybridized carbons (Fsp3) is 0.391. The molecule has 1 N–H and O–H groups in total. The third kappa shape index (κ3) is 6.31. The van der Waals surface area contributed by atoms with Gasteiger partial charge in [-0.2, -0.15) is 4.31 Å². The monoisotopic (exact) mass is 478 g/mol. The minimum Gasteiger partial charge on any atom is -0.452 e. The lowest BCUT2D eigenvalue weighted by molar-refractivity contribution is -0.124. The molecule has 0 saturated carbocycles. The van der Waals surface area contributed by atoms with Crippen molar-refractivity contribution in [3.8, 4) is 0 Å².